The first-order valence-corrected chi connectivity index (χ1v) is 11.3. The van der Waals surface area contributed by atoms with Crippen LogP contribution in [0.1, 0.15) is 35.5 Å². The molecule has 1 aliphatic carbocycles. The lowest BCUT2D eigenvalue weighted by molar-refractivity contribution is -0.143. The molecule has 0 saturated heterocycles. The predicted molar refractivity (Wildman–Crippen MR) is 125 cm³/mol. The van der Waals surface area contributed by atoms with E-state index in [1.807, 2.05) is 36.4 Å². The highest BCUT2D eigenvalue weighted by molar-refractivity contribution is 5.86. The number of methoxy groups -OCH3 is 1. The van der Waals surface area contributed by atoms with E-state index < -0.39 is 17.3 Å². The molecule has 0 unspecified atom stereocenters. The van der Waals surface area contributed by atoms with Crippen molar-refractivity contribution in [3.63, 3.8) is 0 Å². The third kappa shape index (κ3) is 4.34. The highest BCUT2D eigenvalue weighted by Crippen LogP contribution is 2.49. The van der Waals surface area contributed by atoms with Crippen LogP contribution in [0.2, 0.25) is 0 Å². The van der Waals surface area contributed by atoms with E-state index in [0.717, 1.165) is 29.5 Å². The first-order chi connectivity index (χ1) is 17.2. The molecule has 184 valence electrons. The molecule has 36 heavy (non-hydrogen) atoms. The molecular formula is C26H22F3N5O2. The van der Waals surface area contributed by atoms with E-state index in [2.05, 4.69) is 20.1 Å². The van der Waals surface area contributed by atoms with Crippen LogP contribution < -0.4 is 0 Å². The monoisotopic (exact) mass is 493 g/mol. The molecule has 4 aromatic rings. The second-order valence-electron chi connectivity index (χ2n) is 8.78. The SMILES string of the molecule is COC(=O)C1(c2ccc(-c3ccc(-c4cnn(C)c4Cc4cncc(C(F)(F)F)n4)nc3)cc2)CC1. The average molecular weight is 493 g/mol. The van der Waals surface area contributed by atoms with Gasteiger partial charge in [-0.15, -0.1) is 0 Å². The topological polar surface area (TPSA) is 82.8 Å². The summed E-state index contributed by atoms with van der Waals surface area (Å²) in [7, 11) is 3.13. The number of carbonyl (C=O) groups is 1. The fourth-order valence-electron chi connectivity index (χ4n) is 4.32. The molecule has 0 N–H and O–H groups in total. The molecule has 0 radical (unpaired) electrons. The van der Waals surface area contributed by atoms with Gasteiger partial charge in [-0.25, -0.2) is 4.98 Å². The van der Waals surface area contributed by atoms with Gasteiger partial charge in [0.25, 0.3) is 0 Å². The molecule has 5 rings (SSSR count). The van der Waals surface area contributed by atoms with E-state index >= 15 is 0 Å². The molecule has 3 aromatic heterocycles. The van der Waals surface area contributed by atoms with Crippen molar-refractivity contribution < 1.29 is 22.7 Å². The number of rotatable bonds is 6. The number of benzene rings is 1. The predicted octanol–water partition coefficient (Wildman–Crippen LogP) is 4.75. The Morgan fingerprint density at radius 1 is 1.03 bits per heavy atom. The van der Waals surface area contributed by atoms with Crippen molar-refractivity contribution in [1.82, 2.24) is 24.7 Å². The Labute approximate surface area is 205 Å². The summed E-state index contributed by atoms with van der Waals surface area (Å²) in [6.45, 7) is 0. The molecule has 1 saturated carbocycles. The summed E-state index contributed by atoms with van der Waals surface area (Å²) in [5, 5.41) is 4.27. The average Bonchev–Trinajstić information content (AvgIpc) is 3.62. The van der Waals surface area contributed by atoms with E-state index in [4.69, 9.17) is 4.74 Å². The summed E-state index contributed by atoms with van der Waals surface area (Å²) in [6, 6.07) is 11.6. The molecule has 0 bridgehead atoms. The van der Waals surface area contributed by atoms with Crippen molar-refractivity contribution in [2.24, 2.45) is 7.05 Å². The third-order valence-corrected chi connectivity index (χ3v) is 6.52. The number of ether oxygens (including phenoxy) is 1. The first-order valence-electron chi connectivity index (χ1n) is 11.3. The Morgan fingerprint density at radius 3 is 2.36 bits per heavy atom. The van der Waals surface area contributed by atoms with Crippen LogP contribution in [0.25, 0.3) is 22.4 Å². The molecule has 1 aliphatic rings. The zero-order valence-electron chi connectivity index (χ0n) is 19.6. The number of hydrogen-bond acceptors (Lipinski definition) is 6. The quantitative estimate of drug-likeness (QED) is 0.361. The maximum absolute atomic E-state index is 13.0. The van der Waals surface area contributed by atoms with Crippen LogP contribution in [-0.4, -0.2) is 37.8 Å². The standard InChI is InChI=1S/C26H22F3N5O2/c1-34-22(11-19-13-30-15-23(33-19)26(27,28)29)20(14-32-34)21-8-5-17(12-31-21)16-3-6-18(7-4-16)25(9-10-25)24(35)36-2/h3-8,12-15H,9-11H2,1-2H3. The lowest BCUT2D eigenvalue weighted by atomic mass is 9.94. The number of nitrogens with zero attached hydrogens (tertiary/aromatic N) is 5. The van der Waals surface area contributed by atoms with Gasteiger partial charge >= 0.3 is 12.1 Å². The summed E-state index contributed by atoms with van der Waals surface area (Å²) >= 11 is 0. The van der Waals surface area contributed by atoms with Crippen LogP contribution >= 0.6 is 0 Å². The fourth-order valence-corrected chi connectivity index (χ4v) is 4.32. The van der Waals surface area contributed by atoms with Crippen LogP contribution in [0.3, 0.4) is 0 Å². The second-order valence-corrected chi connectivity index (χ2v) is 8.78. The van der Waals surface area contributed by atoms with Gasteiger partial charge in [0.2, 0.25) is 0 Å². The molecule has 3 heterocycles. The largest absolute Gasteiger partial charge is 0.468 e. The van der Waals surface area contributed by atoms with Crippen LogP contribution in [0.5, 0.6) is 0 Å². The van der Waals surface area contributed by atoms with E-state index in [1.165, 1.54) is 13.3 Å². The lowest BCUT2D eigenvalue weighted by Crippen LogP contribution is -2.21. The Morgan fingerprint density at radius 2 is 1.75 bits per heavy atom. The summed E-state index contributed by atoms with van der Waals surface area (Å²) in [5.74, 6) is -0.204. The van der Waals surface area contributed by atoms with Gasteiger partial charge in [0.15, 0.2) is 5.69 Å². The van der Waals surface area contributed by atoms with Crippen molar-refractivity contribution in [3.8, 4) is 22.4 Å². The Bertz CT molecular complexity index is 1410. The number of alkyl halides is 3. The fraction of sp³-hybridized carbons (Fsp3) is 0.269. The zero-order chi connectivity index (χ0) is 25.5. The first kappa shape index (κ1) is 23.7. The van der Waals surface area contributed by atoms with Gasteiger partial charge in [-0.05, 0) is 30.0 Å². The Kier molecular flexibility index (Phi) is 5.82. The highest BCUT2D eigenvalue weighted by Gasteiger charge is 2.52. The molecule has 1 fully saturated rings. The summed E-state index contributed by atoms with van der Waals surface area (Å²) in [6.07, 6.45) is 2.53. The molecule has 1 aromatic carbocycles. The molecule has 10 heteroatoms. The zero-order valence-corrected chi connectivity index (χ0v) is 19.6. The second kappa shape index (κ2) is 8.85. The number of esters is 1. The number of aryl methyl sites for hydroxylation is 1. The van der Waals surface area contributed by atoms with Crippen LogP contribution in [-0.2, 0) is 34.6 Å². The van der Waals surface area contributed by atoms with Crippen molar-refractivity contribution in [3.05, 3.63) is 83.8 Å². The lowest BCUT2D eigenvalue weighted by Gasteiger charge is -2.13. The minimum Gasteiger partial charge on any atom is -0.468 e. The van der Waals surface area contributed by atoms with Crippen molar-refractivity contribution in [1.29, 1.82) is 0 Å². The van der Waals surface area contributed by atoms with Crippen molar-refractivity contribution in [2.45, 2.75) is 30.9 Å². The summed E-state index contributed by atoms with van der Waals surface area (Å²) in [5.41, 5.74) is 3.44. The minimum absolute atomic E-state index is 0.121. The van der Waals surface area contributed by atoms with E-state index in [-0.39, 0.29) is 18.1 Å². The Hall–Kier alpha value is -4.08. The Balaban J connectivity index is 1.38. The van der Waals surface area contributed by atoms with Gasteiger partial charge in [0.1, 0.15) is 0 Å². The van der Waals surface area contributed by atoms with Gasteiger partial charge in [0, 0.05) is 37.0 Å². The molecule has 0 aliphatic heterocycles. The number of halogens is 3. The minimum atomic E-state index is -4.56. The van der Waals surface area contributed by atoms with E-state index in [0.29, 0.717) is 23.1 Å². The molecule has 0 amide bonds. The van der Waals surface area contributed by atoms with Gasteiger partial charge in [-0.1, -0.05) is 30.3 Å². The van der Waals surface area contributed by atoms with Gasteiger partial charge in [-0.3, -0.25) is 19.4 Å². The molecule has 0 atom stereocenters. The van der Waals surface area contributed by atoms with Crippen molar-refractivity contribution >= 4 is 5.97 Å². The molecule has 0 spiro atoms. The van der Waals surface area contributed by atoms with Gasteiger partial charge in [0.05, 0.1) is 42.0 Å². The summed E-state index contributed by atoms with van der Waals surface area (Å²) in [4.78, 5) is 24.1. The van der Waals surface area contributed by atoms with Crippen LogP contribution in [0.15, 0.2) is 61.2 Å². The maximum atomic E-state index is 13.0. The van der Waals surface area contributed by atoms with E-state index in [9.17, 15) is 18.0 Å². The van der Waals surface area contributed by atoms with Gasteiger partial charge in [-0.2, -0.15) is 18.3 Å². The number of hydrogen-bond donors (Lipinski definition) is 0. The molecule has 7 nitrogen and oxygen atoms in total. The number of aromatic nitrogens is 5. The maximum Gasteiger partial charge on any atom is 0.434 e. The number of pyridine rings is 1. The van der Waals surface area contributed by atoms with E-state index in [1.54, 1.807) is 24.1 Å². The highest BCUT2D eigenvalue weighted by atomic mass is 19.4. The third-order valence-electron chi connectivity index (χ3n) is 6.52. The van der Waals surface area contributed by atoms with Crippen LogP contribution in [0.4, 0.5) is 13.2 Å². The van der Waals surface area contributed by atoms with Gasteiger partial charge < -0.3 is 4.74 Å². The van der Waals surface area contributed by atoms with Crippen LogP contribution in [0, 0.1) is 0 Å². The number of carbonyl (C=O) groups excluding carboxylic acids is 1. The van der Waals surface area contributed by atoms with Crippen molar-refractivity contribution in [2.75, 3.05) is 7.11 Å². The summed E-state index contributed by atoms with van der Waals surface area (Å²) < 4.78 is 45.7. The normalized spacial score (nSPS) is 14.5. The smallest absolute Gasteiger partial charge is 0.434 e. The molecular weight excluding hydrogens is 471 g/mol.